The third-order valence-electron chi connectivity index (χ3n) is 3.37. The first-order chi connectivity index (χ1) is 11.5. The monoisotopic (exact) mass is 323 g/mol. The summed E-state index contributed by atoms with van der Waals surface area (Å²) in [6.45, 7) is 1.77. The van der Waals surface area contributed by atoms with E-state index in [1.54, 1.807) is 49.4 Å². The van der Waals surface area contributed by atoms with Crippen LogP contribution in [0.2, 0.25) is 0 Å². The number of rotatable bonds is 5. The Kier molecular flexibility index (Phi) is 4.11. The average molecular weight is 323 g/mol. The molecule has 0 aliphatic heterocycles. The Balaban J connectivity index is 1.74. The Morgan fingerprint density at radius 3 is 2.42 bits per heavy atom. The largest absolute Gasteiger partial charge is 0.458 e. The van der Waals surface area contributed by atoms with Crippen molar-refractivity contribution in [1.82, 2.24) is 0 Å². The molecule has 2 aromatic heterocycles. The molecule has 2 heterocycles. The molecular weight excluding hydrogens is 310 g/mol. The summed E-state index contributed by atoms with van der Waals surface area (Å²) in [5.74, 6) is 1.75. The van der Waals surface area contributed by atoms with E-state index in [2.05, 4.69) is 0 Å². The van der Waals surface area contributed by atoms with Crippen molar-refractivity contribution in [2.75, 3.05) is 0 Å². The molecule has 6 nitrogen and oxygen atoms in total. The van der Waals surface area contributed by atoms with Crippen LogP contribution in [-0.2, 0) is 0 Å². The van der Waals surface area contributed by atoms with E-state index >= 15 is 0 Å². The van der Waals surface area contributed by atoms with Gasteiger partial charge in [0.2, 0.25) is 5.78 Å². The van der Waals surface area contributed by atoms with Crippen LogP contribution in [0.25, 0.3) is 17.4 Å². The van der Waals surface area contributed by atoms with Gasteiger partial charge in [0.25, 0.3) is 5.69 Å². The van der Waals surface area contributed by atoms with Crippen LogP contribution >= 0.6 is 0 Å². The lowest BCUT2D eigenvalue weighted by Gasteiger charge is -1.96. The highest BCUT2D eigenvalue weighted by Crippen LogP contribution is 2.25. The van der Waals surface area contributed by atoms with Crippen LogP contribution in [0.15, 0.2) is 63.4 Å². The Labute approximate surface area is 137 Å². The molecule has 3 rings (SSSR count). The first-order valence-corrected chi connectivity index (χ1v) is 7.16. The molecule has 0 fully saturated rings. The second-order valence-corrected chi connectivity index (χ2v) is 5.11. The third kappa shape index (κ3) is 3.33. The number of non-ortho nitro benzene ring substituents is 1. The molecule has 0 amide bonds. The van der Waals surface area contributed by atoms with Crippen molar-refractivity contribution in [3.8, 4) is 11.3 Å². The van der Waals surface area contributed by atoms with Crippen LogP contribution in [0.3, 0.4) is 0 Å². The van der Waals surface area contributed by atoms with Crippen LogP contribution < -0.4 is 0 Å². The van der Waals surface area contributed by atoms with Gasteiger partial charge < -0.3 is 8.83 Å². The van der Waals surface area contributed by atoms with Gasteiger partial charge in [0.05, 0.1) is 4.92 Å². The number of benzene rings is 1. The zero-order valence-corrected chi connectivity index (χ0v) is 12.8. The van der Waals surface area contributed by atoms with Gasteiger partial charge in [0.1, 0.15) is 17.3 Å². The van der Waals surface area contributed by atoms with Crippen LogP contribution in [0.5, 0.6) is 0 Å². The minimum absolute atomic E-state index is 0.0183. The maximum absolute atomic E-state index is 11.9. The highest BCUT2D eigenvalue weighted by molar-refractivity contribution is 6.04. The van der Waals surface area contributed by atoms with E-state index in [9.17, 15) is 14.9 Å². The van der Waals surface area contributed by atoms with E-state index in [1.807, 2.05) is 0 Å². The topological polar surface area (TPSA) is 86.5 Å². The Morgan fingerprint density at radius 2 is 1.79 bits per heavy atom. The number of carbonyl (C=O) groups excluding carboxylic acids is 1. The number of allylic oxidation sites excluding steroid dienone is 1. The van der Waals surface area contributed by atoms with Crippen molar-refractivity contribution < 1.29 is 18.6 Å². The van der Waals surface area contributed by atoms with Gasteiger partial charge in [0, 0.05) is 17.7 Å². The van der Waals surface area contributed by atoms with Crippen LogP contribution in [0.4, 0.5) is 5.69 Å². The zero-order chi connectivity index (χ0) is 17.1. The molecule has 0 N–H and O–H groups in total. The minimum Gasteiger partial charge on any atom is -0.458 e. The lowest BCUT2D eigenvalue weighted by molar-refractivity contribution is -0.384. The SMILES string of the molecule is Cc1ccc(C(=O)/C=C/c2ccc(-c3ccc([N+](=O)[O-])cc3)o2)o1. The number of ketones is 1. The molecule has 120 valence electrons. The molecule has 0 spiro atoms. The lowest BCUT2D eigenvalue weighted by Crippen LogP contribution is -1.90. The summed E-state index contributed by atoms with van der Waals surface area (Å²) < 4.78 is 10.9. The number of nitro benzene ring substituents is 1. The van der Waals surface area contributed by atoms with Crippen LogP contribution in [0.1, 0.15) is 22.1 Å². The predicted molar refractivity (Wildman–Crippen MR) is 87.6 cm³/mol. The highest BCUT2D eigenvalue weighted by Gasteiger charge is 2.09. The van der Waals surface area contributed by atoms with Crippen molar-refractivity contribution in [1.29, 1.82) is 0 Å². The van der Waals surface area contributed by atoms with Gasteiger partial charge in [-0.3, -0.25) is 14.9 Å². The van der Waals surface area contributed by atoms with E-state index < -0.39 is 4.92 Å². The van der Waals surface area contributed by atoms with E-state index in [0.717, 1.165) is 0 Å². The van der Waals surface area contributed by atoms with Crippen molar-refractivity contribution in [3.63, 3.8) is 0 Å². The molecule has 6 heteroatoms. The molecule has 1 aromatic carbocycles. The summed E-state index contributed by atoms with van der Waals surface area (Å²) >= 11 is 0. The molecular formula is C18H13NO5. The fourth-order valence-corrected chi connectivity index (χ4v) is 2.15. The standard InChI is InChI=1S/C18H13NO5/c1-12-2-10-18(23-12)16(20)9-7-15-8-11-17(24-15)13-3-5-14(6-4-13)19(21)22/h2-11H,1H3/b9-7+. The molecule has 0 atom stereocenters. The van der Waals surface area contributed by atoms with Gasteiger partial charge >= 0.3 is 0 Å². The molecule has 0 saturated carbocycles. The van der Waals surface area contributed by atoms with Crippen LogP contribution in [0, 0.1) is 17.0 Å². The minimum atomic E-state index is -0.456. The normalized spacial score (nSPS) is 11.0. The maximum Gasteiger partial charge on any atom is 0.269 e. The Bertz CT molecular complexity index is 915. The lowest BCUT2D eigenvalue weighted by atomic mass is 10.1. The molecule has 0 radical (unpaired) electrons. The molecule has 3 aromatic rings. The number of aryl methyl sites for hydroxylation is 1. The van der Waals surface area contributed by atoms with Crippen LogP contribution in [-0.4, -0.2) is 10.7 Å². The quantitative estimate of drug-likeness (QED) is 0.295. The van der Waals surface area contributed by atoms with Gasteiger partial charge in [-0.2, -0.15) is 0 Å². The van der Waals surface area contributed by atoms with Gasteiger partial charge in [-0.05, 0) is 55.5 Å². The van der Waals surface area contributed by atoms with Crippen molar-refractivity contribution in [2.24, 2.45) is 0 Å². The van der Waals surface area contributed by atoms with Gasteiger partial charge in [-0.1, -0.05) is 0 Å². The van der Waals surface area contributed by atoms with Gasteiger partial charge in [0.15, 0.2) is 5.76 Å². The Hall–Kier alpha value is -3.41. The number of nitrogens with zero attached hydrogens (tertiary/aromatic N) is 1. The second-order valence-electron chi connectivity index (χ2n) is 5.11. The average Bonchev–Trinajstić information content (AvgIpc) is 3.22. The zero-order valence-electron chi connectivity index (χ0n) is 12.8. The van der Waals surface area contributed by atoms with E-state index in [0.29, 0.717) is 22.8 Å². The second kappa shape index (κ2) is 6.37. The van der Waals surface area contributed by atoms with Crippen molar-refractivity contribution in [3.05, 3.63) is 82.0 Å². The summed E-state index contributed by atoms with van der Waals surface area (Å²) in [6.07, 6.45) is 2.92. The fraction of sp³-hybridized carbons (Fsp3) is 0.0556. The predicted octanol–water partition coefficient (Wildman–Crippen LogP) is 4.65. The van der Waals surface area contributed by atoms with E-state index in [-0.39, 0.29) is 17.2 Å². The van der Waals surface area contributed by atoms with E-state index in [1.165, 1.54) is 18.2 Å². The number of hydrogen-bond donors (Lipinski definition) is 0. The molecule has 0 aliphatic carbocycles. The molecule has 0 unspecified atom stereocenters. The summed E-state index contributed by atoms with van der Waals surface area (Å²) in [7, 11) is 0. The Morgan fingerprint density at radius 1 is 1.04 bits per heavy atom. The number of hydrogen-bond acceptors (Lipinski definition) is 5. The third-order valence-corrected chi connectivity index (χ3v) is 3.37. The van der Waals surface area contributed by atoms with Crippen molar-refractivity contribution >= 4 is 17.5 Å². The van der Waals surface area contributed by atoms with E-state index in [4.69, 9.17) is 8.83 Å². The first-order valence-electron chi connectivity index (χ1n) is 7.16. The highest BCUT2D eigenvalue weighted by atomic mass is 16.6. The molecule has 0 aliphatic rings. The molecule has 0 bridgehead atoms. The summed E-state index contributed by atoms with van der Waals surface area (Å²) in [6, 6.07) is 12.8. The number of nitro groups is 1. The summed E-state index contributed by atoms with van der Waals surface area (Å²) in [5, 5.41) is 10.7. The fourth-order valence-electron chi connectivity index (χ4n) is 2.15. The van der Waals surface area contributed by atoms with Gasteiger partial charge in [-0.15, -0.1) is 0 Å². The number of carbonyl (C=O) groups is 1. The smallest absolute Gasteiger partial charge is 0.269 e. The molecule has 0 saturated heterocycles. The summed E-state index contributed by atoms with van der Waals surface area (Å²) in [5.41, 5.74) is 0.734. The number of furan rings is 2. The van der Waals surface area contributed by atoms with Gasteiger partial charge in [-0.25, -0.2) is 0 Å². The maximum atomic E-state index is 11.9. The van der Waals surface area contributed by atoms with Crippen molar-refractivity contribution in [2.45, 2.75) is 6.92 Å². The molecule has 24 heavy (non-hydrogen) atoms. The summed E-state index contributed by atoms with van der Waals surface area (Å²) in [4.78, 5) is 22.1. The first kappa shape index (κ1) is 15.5.